The third-order valence-corrected chi connectivity index (χ3v) is 6.42. The van der Waals surface area contributed by atoms with Gasteiger partial charge in [-0.15, -0.1) is 11.3 Å². The zero-order valence-corrected chi connectivity index (χ0v) is 16.0. The maximum atomic E-state index is 6.33. The average Bonchev–Trinajstić information content (AvgIpc) is 2.79. The maximum absolute atomic E-state index is 6.33. The Morgan fingerprint density at radius 1 is 1.33 bits per heavy atom. The molecule has 0 aliphatic carbocycles. The van der Waals surface area contributed by atoms with Crippen molar-refractivity contribution < 1.29 is 0 Å². The van der Waals surface area contributed by atoms with Crippen molar-refractivity contribution in [3.63, 3.8) is 0 Å². The summed E-state index contributed by atoms with van der Waals surface area (Å²) < 4.78 is 1.19. The van der Waals surface area contributed by atoms with E-state index in [1.807, 2.05) is 18.2 Å². The lowest BCUT2D eigenvalue weighted by Crippen LogP contribution is -2.23. The molecule has 0 saturated carbocycles. The van der Waals surface area contributed by atoms with Crippen LogP contribution in [0.25, 0.3) is 0 Å². The van der Waals surface area contributed by atoms with Crippen molar-refractivity contribution in [2.24, 2.45) is 0 Å². The summed E-state index contributed by atoms with van der Waals surface area (Å²) in [6.07, 6.45) is 1.94. The summed E-state index contributed by atoms with van der Waals surface area (Å²) in [5, 5.41) is 4.89. The van der Waals surface area contributed by atoms with E-state index in [4.69, 9.17) is 23.2 Å². The molecule has 1 N–H and O–H groups in total. The lowest BCUT2D eigenvalue weighted by molar-refractivity contribution is 0.536. The number of benzene rings is 1. The summed E-state index contributed by atoms with van der Waals surface area (Å²) in [6.45, 7) is 5.27. The lowest BCUT2D eigenvalue weighted by atomic mass is 10.0. The van der Waals surface area contributed by atoms with Gasteiger partial charge in [-0.05, 0) is 65.5 Å². The zero-order chi connectivity index (χ0) is 15.4. The van der Waals surface area contributed by atoms with E-state index in [0.29, 0.717) is 10.0 Å². The highest BCUT2D eigenvalue weighted by molar-refractivity contribution is 9.11. The van der Waals surface area contributed by atoms with Gasteiger partial charge in [-0.1, -0.05) is 42.3 Å². The molecular weight excluding hydrogens is 389 g/mol. The Labute approximate surface area is 148 Å². The summed E-state index contributed by atoms with van der Waals surface area (Å²) in [6, 6.07) is 8.32. The maximum Gasteiger partial charge on any atom is 0.0731 e. The number of hydrogen-bond donors (Lipinski definition) is 1. The molecule has 0 radical (unpaired) electrons. The normalized spacial score (nSPS) is 12.6. The van der Waals surface area contributed by atoms with E-state index in [2.05, 4.69) is 41.2 Å². The average molecular weight is 407 g/mol. The van der Waals surface area contributed by atoms with Crippen molar-refractivity contribution in [2.45, 2.75) is 32.7 Å². The van der Waals surface area contributed by atoms with E-state index in [-0.39, 0.29) is 6.04 Å². The van der Waals surface area contributed by atoms with Gasteiger partial charge in [-0.25, -0.2) is 0 Å². The molecule has 5 heteroatoms. The fraction of sp³-hybridized carbons (Fsp3) is 0.375. The second-order valence-corrected chi connectivity index (χ2v) is 8.22. The molecule has 1 atom stereocenters. The first-order valence-electron chi connectivity index (χ1n) is 6.95. The topological polar surface area (TPSA) is 12.0 Å². The highest BCUT2D eigenvalue weighted by Gasteiger charge is 2.17. The van der Waals surface area contributed by atoms with Crippen molar-refractivity contribution in [1.29, 1.82) is 0 Å². The number of hydrogen-bond acceptors (Lipinski definition) is 2. The fourth-order valence-corrected chi connectivity index (χ4v) is 4.22. The minimum absolute atomic E-state index is 0.260. The van der Waals surface area contributed by atoms with Crippen LogP contribution in [-0.2, 0) is 6.42 Å². The third-order valence-electron chi connectivity index (χ3n) is 3.32. The van der Waals surface area contributed by atoms with E-state index in [1.54, 1.807) is 11.3 Å². The monoisotopic (exact) mass is 405 g/mol. The van der Waals surface area contributed by atoms with Crippen LogP contribution >= 0.6 is 50.5 Å². The highest BCUT2D eigenvalue weighted by atomic mass is 79.9. The smallest absolute Gasteiger partial charge is 0.0731 e. The van der Waals surface area contributed by atoms with Crippen molar-refractivity contribution >= 4 is 50.5 Å². The summed E-state index contributed by atoms with van der Waals surface area (Å²) in [5.74, 6) is 0. The van der Waals surface area contributed by atoms with Crippen LogP contribution in [0.3, 0.4) is 0 Å². The van der Waals surface area contributed by atoms with Gasteiger partial charge in [0.05, 0.1) is 13.8 Å². The van der Waals surface area contributed by atoms with E-state index in [0.717, 1.165) is 24.9 Å². The van der Waals surface area contributed by atoms with Crippen LogP contribution in [0.5, 0.6) is 0 Å². The summed E-state index contributed by atoms with van der Waals surface area (Å²) in [5.41, 5.74) is 2.36. The van der Waals surface area contributed by atoms with Gasteiger partial charge in [0.15, 0.2) is 0 Å². The SMILES string of the molecule is CCCNC(Cc1cccc(Cl)c1Cl)c1cc(C)c(Br)s1. The molecule has 1 nitrogen and oxygen atoms in total. The number of nitrogens with one attached hydrogen (secondary N) is 1. The first kappa shape index (κ1) is 17.3. The molecule has 1 aromatic heterocycles. The Hall–Kier alpha value is -0.0600. The molecule has 1 aromatic carbocycles. The number of thiophene rings is 1. The molecule has 0 bridgehead atoms. The van der Waals surface area contributed by atoms with Crippen molar-refractivity contribution in [1.82, 2.24) is 5.32 Å². The number of aryl methyl sites for hydroxylation is 1. The van der Waals surface area contributed by atoms with Gasteiger partial charge in [0.25, 0.3) is 0 Å². The molecule has 0 fully saturated rings. The molecule has 114 valence electrons. The highest BCUT2D eigenvalue weighted by Crippen LogP contribution is 2.35. The molecule has 1 unspecified atom stereocenters. The second-order valence-electron chi connectivity index (χ2n) is 5.03. The van der Waals surface area contributed by atoms with E-state index in [1.165, 1.54) is 14.2 Å². The minimum Gasteiger partial charge on any atom is -0.309 e. The summed E-state index contributed by atoms with van der Waals surface area (Å²) in [7, 11) is 0. The molecule has 1 heterocycles. The Bertz CT molecular complexity index is 593. The molecule has 0 aliphatic rings. The standard InChI is InChI=1S/C16H18BrCl2NS/c1-3-7-20-13(14-8-10(2)16(17)21-14)9-11-5-4-6-12(18)15(11)19/h4-6,8,13,20H,3,7,9H2,1-2H3. The molecule has 2 rings (SSSR count). The Kier molecular flexibility index (Phi) is 6.57. The molecule has 0 spiro atoms. The van der Waals surface area contributed by atoms with Gasteiger partial charge in [0.2, 0.25) is 0 Å². The molecule has 2 aromatic rings. The molecule has 21 heavy (non-hydrogen) atoms. The molecule has 0 aliphatic heterocycles. The van der Waals surface area contributed by atoms with Crippen molar-refractivity contribution in [2.75, 3.05) is 6.54 Å². The Morgan fingerprint density at radius 3 is 2.71 bits per heavy atom. The van der Waals surface area contributed by atoms with Crippen LogP contribution in [0, 0.1) is 6.92 Å². The van der Waals surface area contributed by atoms with Gasteiger partial charge in [-0.3, -0.25) is 0 Å². The Balaban J connectivity index is 2.26. The van der Waals surface area contributed by atoms with E-state index >= 15 is 0 Å². The van der Waals surface area contributed by atoms with Crippen LogP contribution in [-0.4, -0.2) is 6.54 Å². The quantitative estimate of drug-likeness (QED) is 0.584. The van der Waals surface area contributed by atoms with Crippen LogP contribution in [0.2, 0.25) is 10.0 Å². The zero-order valence-electron chi connectivity index (χ0n) is 12.1. The summed E-state index contributed by atoms with van der Waals surface area (Å²) in [4.78, 5) is 1.32. The van der Waals surface area contributed by atoms with Gasteiger partial charge in [0.1, 0.15) is 0 Å². The predicted octanol–water partition coefficient (Wildman–Crippen LogP) is 6.41. The fourth-order valence-electron chi connectivity index (χ4n) is 2.17. The van der Waals surface area contributed by atoms with E-state index in [9.17, 15) is 0 Å². The first-order valence-corrected chi connectivity index (χ1v) is 9.31. The minimum atomic E-state index is 0.260. The number of halogens is 3. The van der Waals surface area contributed by atoms with Crippen LogP contribution < -0.4 is 5.32 Å². The summed E-state index contributed by atoms with van der Waals surface area (Å²) >= 11 is 17.8. The third kappa shape index (κ3) is 4.46. The molecular formula is C16H18BrCl2NS. The second kappa shape index (κ2) is 7.98. The van der Waals surface area contributed by atoms with Crippen LogP contribution in [0.15, 0.2) is 28.1 Å². The number of rotatable bonds is 6. The predicted molar refractivity (Wildman–Crippen MR) is 98.0 cm³/mol. The largest absolute Gasteiger partial charge is 0.309 e. The first-order chi connectivity index (χ1) is 10.0. The van der Waals surface area contributed by atoms with Crippen molar-refractivity contribution in [3.8, 4) is 0 Å². The van der Waals surface area contributed by atoms with Crippen molar-refractivity contribution in [3.05, 3.63) is 54.1 Å². The van der Waals surface area contributed by atoms with Gasteiger partial charge < -0.3 is 5.32 Å². The van der Waals surface area contributed by atoms with E-state index < -0.39 is 0 Å². The van der Waals surface area contributed by atoms with Crippen LogP contribution in [0.1, 0.15) is 35.4 Å². The Morgan fingerprint density at radius 2 is 2.10 bits per heavy atom. The molecule has 0 saturated heterocycles. The van der Waals surface area contributed by atoms with Gasteiger partial charge >= 0.3 is 0 Å². The van der Waals surface area contributed by atoms with Gasteiger partial charge in [-0.2, -0.15) is 0 Å². The lowest BCUT2D eigenvalue weighted by Gasteiger charge is -2.18. The molecule has 0 amide bonds. The van der Waals surface area contributed by atoms with Gasteiger partial charge in [0, 0.05) is 10.9 Å². The van der Waals surface area contributed by atoms with Crippen LogP contribution in [0.4, 0.5) is 0 Å².